The molecule has 0 radical (unpaired) electrons. The van der Waals surface area contributed by atoms with Crippen LogP contribution in [0.3, 0.4) is 0 Å². The molecule has 0 aliphatic heterocycles. The van der Waals surface area contributed by atoms with Crippen LogP contribution in [0.2, 0.25) is 0 Å². The third-order valence-corrected chi connectivity index (χ3v) is 2.64. The van der Waals surface area contributed by atoms with E-state index >= 15 is 0 Å². The Morgan fingerprint density at radius 3 is 2.94 bits per heavy atom. The fourth-order valence-electron chi connectivity index (χ4n) is 1.81. The molecule has 17 heavy (non-hydrogen) atoms. The molecule has 3 nitrogen and oxygen atoms in total. The molecule has 0 spiro atoms. The van der Waals surface area contributed by atoms with Gasteiger partial charge in [0.25, 0.3) is 0 Å². The summed E-state index contributed by atoms with van der Waals surface area (Å²) in [5.41, 5.74) is 0.929. The van der Waals surface area contributed by atoms with Gasteiger partial charge in [-0.1, -0.05) is 25.1 Å². The van der Waals surface area contributed by atoms with E-state index in [2.05, 4.69) is 24.1 Å². The highest BCUT2D eigenvalue weighted by Crippen LogP contribution is 2.22. The lowest BCUT2D eigenvalue weighted by atomic mass is 10.2. The minimum atomic E-state index is 0.346. The van der Waals surface area contributed by atoms with E-state index in [4.69, 9.17) is 4.74 Å². The first-order chi connectivity index (χ1) is 8.31. The van der Waals surface area contributed by atoms with Gasteiger partial charge >= 0.3 is 0 Å². The number of hydrogen-bond donors (Lipinski definition) is 1. The van der Waals surface area contributed by atoms with E-state index in [1.165, 1.54) is 0 Å². The minimum absolute atomic E-state index is 0.346. The lowest BCUT2D eigenvalue weighted by Gasteiger charge is -2.14. The number of likely N-dealkylation sites (N-methyl/N-ethyl adjacent to an activating group) is 1. The Kier molecular flexibility index (Phi) is 3.94. The third-order valence-electron chi connectivity index (χ3n) is 2.64. The molecule has 1 atom stereocenters. The van der Waals surface area contributed by atoms with Gasteiger partial charge in [-0.15, -0.1) is 0 Å². The van der Waals surface area contributed by atoms with E-state index in [-0.39, 0.29) is 0 Å². The van der Waals surface area contributed by atoms with Crippen molar-refractivity contribution in [3.8, 4) is 5.75 Å². The smallest absolute Gasteiger partial charge is 0.145 e. The molecular weight excluding hydrogens is 212 g/mol. The summed E-state index contributed by atoms with van der Waals surface area (Å²) in [7, 11) is 0. The Morgan fingerprint density at radius 2 is 2.12 bits per heavy atom. The van der Waals surface area contributed by atoms with Crippen LogP contribution < -0.4 is 10.1 Å². The Balaban J connectivity index is 2.13. The van der Waals surface area contributed by atoms with Crippen molar-refractivity contribution >= 4 is 10.9 Å². The van der Waals surface area contributed by atoms with Crippen molar-refractivity contribution < 1.29 is 4.74 Å². The van der Waals surface area contributed by atoms with Gasteiger partial charge in [-0.05, 0) is 25.6 Å². The number of pyridine rings is 1. The van der Waals surface area contributed by atoms with Crippen LogP contribution in [-0.2, 0) is 0 Å². The van der Waals surface area contributed by atoms with E-state index in [1.807, 2.05) is 30.3 Å². The second kappa shape index (κ2) is 5.64. The summed E-state index contributed by atoms with van der Waals surface area (Å²) < 4.78 is 5.81. The summed E-state index contributed by atoms with van der Waals surface area (Å²) in [4.78, 5) is 4.36. The van der Waals surface area contributed by atoms with Crippen LogP contribution in [0.25, 0.3) is 10.9 Å². The molecule has 1 N–H and O–H groups in total. The number of nitrogens with zero attached hydrogens (tertiary/aromatic N) is 1. The number of aromatic nitrogens is 1. The summed E-state index contributed by atoms with van der Waals surface area (Å²) in [6.07, 6.45) is 1.79. The number of hydrogen-bond acceptors (Lipinski definition) is 3. The second-order valence-corrected chi connectivity index (χ2v) is 4.10. The van der Waals surface area contributed by atoms with Gasteiger partial charge in [0.1, 0.15) is 17.9 Å². The van der Waals surface area contributed by atoms with E-state index in [1.54, 1.807) is 6.20 Å². The molecule has 0 amide bonds. The standard InChI is InChI=1S/C14H18N2O/c1-3-15-11(2)10-17-13-8-4-6-12-7-5-9-16-14(12)13/h4-9,11,15H,3,10H2,1-2H3. The predicted octanol–water partition coefficient (Wildman–Crippen LogP) is 2.61. The van der Waals surface area contributed by atoms with Crippen molar-refractivity contribution in [2.75, 3.05) is 13.2 Å². The molecule has 1 unspecified atom stereocenters. The van der Waals surface area contributed by atoms with Crippen LogP contribution in [0.1, 0.15) is 13.8 Å². The zero-order valence-electron chi connectivity index (χ0n) is 10.3. The van der Waals surface area contributed by atoms with Crippen molar-refractivity contribution in [2.24, 2.45) is 0 Å². The minimum Gasteiger partial charge on any atom is -0.490 e. The molecular formula is C14H18N2O. The number of nitrogens with one attached hydrogen (secondary N) is 1. The first kappa shape index (κ1) is 11.9. The Hall–Kier alpha value is -1.61. The van der Waals surface area contributed by atoms with E-state index < -0.39 is 0 Å². The SMILES string of the molecule is CCNC(C)COc1cccc2cccnc12. The summed E-state index contributed by atoms with van der Waals surface area (Å²) >= 11 is 0. The van der Waals surface area contributed by atoms with Gasteiger partial charge in [0.15, 0.2) is 0 Å². The number of para-hydroxylation sites is 1. The second-order valence-electron chi connectivity index (χ2n) is 4.10. The molecule has 1 heterocycles. The van der Waals surface area contributed by atoms with E-state index in [0.29, 0.717) is 12.6 Å². The quantitative estimate of drug-likeness (QED) is 0.857. The highest BCUT2D eigenvalue weighted by Gasteiger charge is 2.05. The monoisotopic (exact) mass is 230 g/mol. The summed E-state index contributed by atoms with van der Waals surface area (Å²) in [6.45, 7) is 5.82. The zero-order chi connectivity index (χ0) is 12.1. The first-order valence-corrected chi connectivity index (χ1v) is 6.01. The predicted molar refractivity (Wildman–Crippen MR) is 70.4 cm³/mol. The molecule has 3 heteroatoms. The normalized spacial score (nSPS) is 12.6. The zero-order valence-corrected chi connectivity index (χ0v) is 10.3. The average Bonchev–Trinajstić information content (AvgIpc) is 2.36. The van der Waals surface area contributed by atoms with Gasteiger partial charge in [0.05, 0.1) is 0 Å². The van der Waals surface area contributed by atoms with Crippen LogP contribution >= 0.6 is 0 Å². The molecule has 2 aromatic rings. The third kappa shape index (κ3) is 2.94. The highest BCUT2D eigenvalue weighted by molar-refractivity contribution is 5.84. The highest BCUT2D eigenvalue weighted by atomic mass is 16.5. The van der Waals surface area contributed by atoms with Gasteiger partial charge in [-0.3, -0.25) is 4.98 Å². The van der Waals surface area contributed by atoms with Gasteiger partial charge in [-0.2, -0.15) is 0 Å². The molecule has 0 fully saturated rings. The fourth-order valence-corrected chi connectivity index (χ4v) is 1.81. The van der Waals surface area contributed by atoms with Gasteiger partial charge in [-0.25, -0.2) is 0 Å². The van der Waals surface area contributed by atoms with Crippen molar-refractivity contribution in [2.45, 2.75) is 19.9 Å². The van der Waals surface area contributed by atoms with Gasteiger partial charge < -0.3 is 10.1 Å². The largest absolute Gasteiger partial charge is 0.490 e. The Morgan fingerprint density at radius 1 is 1.29 bits per heavy atom. The van der Waals surface area contributed by atoms with Crippen LogP contribution in [0, 0.1) is 0 Å². The summed E-state index contributed by atoms with van der Waals surface area (Å²) in [5.74, 6) is 0.854. The van der Waals surface area contributed by atoms with Crippen molar-refractivity contribution in [1.29, 1.82) is 0 Å². The van der Waals surface area contributed by atoms with E-state index in [0.717, 1.165) is 23.2 Å². The molecule has 1 aromatic heterocycles. The lowest BCUT2D eigenvalue weighted by Crippen LogP contribution is -2.31. The number of ether oxygens (including phenoxy) is 1. The molecule has 1 aromatic carbocycles. The Labute approximate surface area is 102 Å². The molecule has 2 rings (SSSR count). The average molecular weight is 230 g/mol. The summed E-state index contributed by atoms with van der Waals surface area (Å²) in [6, 6.07) is 10.3. The summed E-state index contributed by atoms with van der Waals surface area (Å²) in [5, 5.41) is 4.43. The molecule has 0 aliphatic carbocycles. The molecule has 90 valence electrons. The lowest BCUT2D eigenvalue weighted by molar-refractivity contribution is 0.278. The first-order valence-electron chi connectivity index (χ1n) is 6.01. The maximum absolute atomic E-state index is 5.81. The van der Waals surface area contributed by atoms with Crippen LogP contribution in [-0.4, -0.2) is 24.2 Å². The van der Waals surface area contributed by atoms with Crippen molar-refractivity contribution in [1.82, 2.24) is 10.3 Å². The van der Waals surface area contributed by atoms with Gasteiger partial charge in [0.2, 0.25) is 0 Å². The molecule has 0 bridgehead atoms. The maximum Gasteiger partial charge on any atom is 0.145 e. The molecule has 0 saturated carbocycles. The number of fused-ring (bicyclic) bond motifs is 1. The van der Waals surface area contributed by atoms with Crippen LogP contribution in [0.15, 0.2) is 36.5 Å². The fraction of sp³-hybridized carbons (Fsp3) is 0.357. The number of benzene rings is 1. The van der Waals surface area contributed by atoms with Crippen LogP contribution in [0.5, 0.6) is 5.75 Å². The number of rotatable bonds is 5. The van der Waals surface area contributed by atoms with Crippen molar-refractivity contribution in [3.63, 3.8) is 0 Å². The Bertz CT molecular complexity index is 479. The van der Waals surface area contributed by atoms with Crippen molar-refractivity contribution in [3.05, 3.63) is 36.5 Å². The molecule has 0 aliphatic rings. The molecule has 0 saturated heterocycles. The maximum atomic E-state index is 5.81. The van der Waals surface area contributed by atoms with Crippen LogP contribution in [0.4, 0.5) is 0 Å². The van der Waals surface area contributed by atoms with Gasteiger partial charge in [0, 0.05) is 17.6 Å². The van der Waals surface area contributed by atoms with E-state index in [9.17, 15) is 0 Å². The topological polar surface area (TPSA) is 34.1 Å².